The van der Waals surface area contributed by atoms with E-state index in [-0.39, 0.29) is 11.8 Å². The van der Waals surface area contributed by atoms with Gasteiger partial charge in [0, 0.05) is 12.6 Å². The molecule has 2 nitrogen and oxygen atoms in total. The summed E-state index contributed by atoms with van der Waals surface area (Å²) in [5.41, 5.74) is 0. The summed E-state index contributed by atoms with van der Waals surface area (Å²) in [6, 6.07) is 0.211. The summed E-state index contributed by atoms with van der Waals surface area (Å²) in [6.07, 6.45) is 7.21. The topological polar surface area (TPSA) is 29.4 Å². The molecule has 2 heteroatoms. The quantitative estimate of drug-likeness (QED) is 0.565. The van der Waals surface area contributed by atoms with Crippen LogP contribution >= 0.6 is 0 Å². The van der Waals surface area contributed by atoms with Gasteiger partial charge in [-0.25, -0.2) is 0 Å². The third kappa shape index (κ3) is 2.13. The summed E-state index contributed by atoms with van der Waals surface area (Å²) in [5, 5.41) is 0. The fourth-order valence-electron chi connectivity index (χ4n) is 0.997. The average Bonchev–Trinajstić information content (AvgIpc) is 1.88. The van der Waals surface area contributed by atoms with Crippen molar-refractivity contribution >= 4 is 12.0 Å². The van der Waals surface area contributed by atoms with Crippen LogP contribution in [0.25, 0.3) is 0 Å². The fraction of sp³-hybridized carbons (Fsp3) is 0.500. The van der Waals surface area contributed by atoms with Gasteiger partial charge in [0.2, 0.25) is 0 Å². The van der Waals surface area contributed by atoms with Crippen molar-refractivity contribution in [3.63, 3.8) is 0 Å². The van der Waals surface area contributed by atoms with E-state index in [0.29, 0.717) is 6.42 Å². The number of hydrogen-bond acceptors (Lipinski definition) is 2. The van der Waals surface area contributed by atoms with Crippen LogP contribution < -0.4 is 0 Å². The molecule has 54 valence electrons. The molecule has 0 N–H and O–H groups in total. The van der Waals surface area contributed by atoms with Crippen LogP contribution in [0, 0.1) is 0 Å². The molecular formula is C8H11NO. The Bertz CT molecular complexity index is 182. The maximum absolute atomic E-state index is 10.6. The van der Waals surface area contributed by atoms with E-state index in [0.717, 1.165) is 6.42 Å². The molecule has 0 spiro atoms. The second-order valence-electron chi connectivity index (χ2n) is 2.52. The minimum atomic E-state index is 0.211. The first-order chi connectivity index (χ1) is 4.79. The van der Waals surface area contributed by atoms with Crippen molar-refractivity contribution in [3.8, 4) is 0 Å². The van der Waals surface area contributed by atoms with E-state index in [4.69, 9.17) is 0 Å². The highest BCUT2D eigenvalue weighted by atomic mass is 16.1. The molecule has 0 aliphatic carbocycles. The largest absolute Gasteiger partial charge is 0.300 e. The highest BCUT2D eigenvalue weighted by molar-refractivity contribution is 5.77. The Morgan fingerprint density at radius 3 is 3.10 bits per heavy atom. The predicted molar refractivity (Wildman–Crippen MR) is 41.3 cm³/mol. The molecule has 0 saturated heterocycles. The van der Waals surface area contributed by atoms with E-state index in [1.165, 1.54) is 0 Å². The van der Waals surface area contributed by atoms with Gasteiger partial charge >= 0.3 is 0 Å². The lowest BCUT2D eigenvalue weighted by Gasteiger charge is -2.08. The van der Waals surface area contributed by atoms with Crippen LogP contribution in [0.2, 0.25) is 0 Å². The molecule has 1 rings (SSSR count). The molecule has 1 aliphatic heterocycles. The van der Waals surface area contributed by atoms with E-state index < -0.39 is 0 Å². The van der Waals surface area contributed by atoms with Crippen LogP contribution in [-0.4, -0.2) is 18.0 Å². The molecule has 0 bridgehead atoms. The molecule has 1 heterocycles. The van der Waals surface area contributed by atoms with Crippen molar-refractivity contribution in [3.05, 3.63) is 12.2 Å². The first-order valence-corrected chi connectivity index (χ1v) is 3.47. The molecule has 0 radical (unpaired) electrons. The van der Waals surface area contributed by atoms with Gasteiger partial charge in [-0.1, -0.05) is 6.08 Å². The number of nitrogens with zero attached hydrogens (tertiary/aromatic N) is 1. The molecule has 0 fully saturated rings. The van der Waals surface area contributed by atoms with Crippen LogP contribution in [-0.2, 0) is 4.79 Å². The molecule has 0 amide bonds. The minimum absolute atomic E-state index is 0.211. The summed E-state index contributed by atoms with van der Waals surface area (Å²) < 4.78 is 0. The van der Waals surface area contributed by atoms with Crippen molar-refractivity contribution in [2.24, 2.45) is 4.99 Å². The van der Waals surface area contributed by atoms with Crippen LogP contribution in [0.3, 0.4) is 0 Å². The van der Waals surface area contributed by atoms with Gasteiger partial charge in [0.15, 0.2) is 0 Å². The first-order valence-electron chi connectivity index (χ1n) is 3.47. The monoisotopic (exact) mass is 137 g/mol. The molecule has 0 saturated carbocycles. The van der Waals surface area contributed by atoms with Gasteiger partial charge < -0.3 is 0 Å². The minimum Gasteiger partial charge on any atom is -0.300 e. The Hall–Kier alpha value is -0.920. The SMILES string of the molecule is CC(=O)CC1CC=CC=N1. The number of carbonyl (C=O) groups excluding carboxylic acids is 1. The predicted octanol–water partition coefficient (Wildman–Crippen LogP) is 1.36. The Kier molecular flexibility index (Phi) is 2.37. The normalized spacial score (nSPS) is 23.1. The van der Waals surface area contributed by atoms with Gasteiger partial charge in [-0.15, -0.1) is 0 Å². The molecule has 10 heavy (non-hydrogen) atoms. The van der Waals surface area contributed by atoms with Crippen LogP contribution in [0.4, 0.5) is 0 Å². The van der Waals surface area contributed by atoms with Gasteiger partial charge in [0.25, 0.3) is 0 Å². The van der Waals surface area contributed by atoms with Crippen LogP contribution in [0.15, 0.2) is 17.1 Å². The van der Waals surface area contributed by atoms with Gasteiger partial charge in [0.05, 0.1) is 6.04 Å². The van der Waals surface area contributed by atoms with Crippen molar-refractivity contribution in [1.82, 2.24) is 0 Å². The number of carbonyl (C=O) groups is 1. The summed E-state index contributed by atoms with van der Waals surface area (Å²) in [7, 11) is 0. The Balaban J connectivity index is 2.37. The molecular weight excluding hydrogens is 126 g/mol. The van der Waals surface area contributed by atoms with E-state index in [1.807, 2.05) is 12.2 Å². The number of dihydropyridines is 1. The lowest BCUT2D eigenvalue weighted by atomic mass is 10.1. The van der Waals surface area contributed by atoms with E-state index in [1.54, 1.807) is 13.1 Å². The lowest BCUT2D eigenvalue weighted by molar-refractivity contribution is -0.117. The number of rotatable bonds is 2. The molecule has 0 aromatic heterocycles. The maximum atomic E-state index is 10.6. The van der Waals surface area contributed by atoms with Crippen molar-refractivity contribution in [1.29, 1.82) is 0 Å². The Morgan fingerprint density at radius 1 is 1.80 bits per heavy atom. The van der Waals surface area contributed by atoms with Crippen molar-refractivity contribution in [2.75, 3.05) is 0 Å². The molecule has 1 aliphatic rings. The zero-order valence-corrected chi connectivity index (χ0v) is 6.08. The molecule has 1 unspecified atom stereocenters. The highest BCUT2D eigenvalue weighted by Crippen LogP contribution is 2.07. The maximum Gasteiger partial charge on any atom is 0.131 e. The zero-order valence-electron chi connectivity index (χ0n) is 6.08. The fourth-order valence-corrected chi connectivity index (χ4v) is 0.997. The number of ketones is 1. The van der Waals surface area contributed by atoms with Crippen LogP contribution in [0.5, 0.6) is 0 Å². The van der Waals surface area contributed by atoms with Crippen LogP contribution in [0.1, 0.15) is 19.8 Å². The first kappa shape index (κ1) is 7.19. The van der Waals surface area contributed by atoms with Gasteiger partial charge in [-0.2, -0.15) is 0 Å². The summed E-state index contributed by atoms with van der Waals surface area (Å²) in [5.74, 6) is 0.220. The van der Waals surface area contributed by atoms with Gasteiger partial charge in [-0.05, 0) is 19.4 Å². The highest BCUT2D eigenvalue weighted by Gasteiger charge is 2.07. The van der Waals surface area contributed by atoms with E-state index >= 15 is 0 Å². The summed E-state index contributed by atoms with van der Waals surface area (Å²) in [6.45, 7) is 1.60. The second kappa shape index (κ2) is 3.30. The third-order valence-electron chi connectivity index (χ3n) is 1.45. The Morgan fingerprint density at radius 2 is 2.60 bits per heavy atom. The number of allylic oxidation sites excluding steroid dienone is 1. The molecule has 1 atom stereocenters. The van der Waals surface area contributed by atoms with E-state index in [2.05, 4.69) is 4.99 Å². The number of Topliss-reactive ketones (excluding diaryl/α,β-unsaturated/α-hetero) is 1. The summed E-state index contributed by atoms with van der Waals surface area (Å²) in [4.78, 5) is 14.8. The van der Waals surface area contributed by atoms with Gasteiger partial charge in [-0.3, -0.25) is 9.79 Å². The van der Waals surface area contributed by atoms with Crippen molar-refractivity contribution in [2.45, 2.75) is 25.8 Å². The van der Waals surface area contributed by atoms with Gasteiger partial charge in [0.1, 0.15) is 5.78 Å². The molecule has 0 aromatic rings. The molecule has 0 aromatic carbocycles. The van der Waals surface area contributed by atoms with Crippen molar-refractivity contribution < 1.29 is 4.79 Å². The lowest BCUT2D eigenvalue weighted by Crippen LogP contribution is -2.10. The van der Waals surface area contributed by atoms with E-state index in [9.17, 15) is 4.79 Å². The number of aliphatic imine (C=N–C) groups is 1. The third-order valence-corrected chi connectivity index (χ3v) is 1.45. The standard InChI is InChI=1S/C8H11NO/c1-7(10)6-8-4-2-3-5-9-8/h2-3,5,8H,4,6H2,1H3. The average molecular weight is 137 g/mol. The Labute approximate surface area is 60.7 Å². The number of hydrogen-bond donors (Lipinski definition) is 0. The smallest absolute Gasteiger partial charge is 0.131 e. The second-order valence-corrected chi connectivity index (χ2v) is 2.52. The zero-order chi connectivity index (χ0) is 7.40. The summed E-state index contributed by atoms with van der Waals surface area (Å²) >= 11 is 0.